The Balaban J connectivity index is 1.69. The molecule has 2 aromatic carbocycles. The summed E-state index contributed by atoms with van der Waals surface area (Å²) in [6, 6.07) is 5.47. The molecule has 34 heavy (non-hydrogen) atoms. The van der Waals surface area contributed by atoms with Crippen LogP contribution in [0.15, 0.2) is 29.7 Å². The first-order valence-corrected chi connectivity index (χ1v) is 13.6. The van der Waals surface area contributed by atoms with Gasteiger partial charge in [-0.3, -0.25) is 4.79 Å². The number of nitrogens with one attached hydrogen (secondary N) is 1. The van der Waals surface area contributed by atoms with Crippen LogP contribution >= 0.6 is 46.7 Å². The van der Waals surface area contributed by atoms with E-state index in [0.29, 0.717) is 42.3 Å². The first kappa shape index (κ1) is 25.7. The number of benzene rings is 2. The Hall–Kier alpha value is -1.35. The topological polar surface area (TPSA) is 29.1 Å². The predicted octanol–water partition coefficient (Wildman–Crippen LogP) is 7.65. The van der Waals surface area contributed by atoms with Crippen molar-refractivity contribution >= 4 is 58.2 Å². The number of hydrogen-bond acceptors (Lipinski definition) is 3. The number of halogens is 6. The van der Waals surface area contributed by atoms with Gasteiger partial charge in [0.1, 0.15) is 4.75 Å². The van der Waals surface area contributed by atoms with Crippen LogP contribution in [0.2, 0.25) is 10.0 Å². The average Bonchev–Trinajstić information content (AvgIpc) is 3.45. The van der Waals surface area contributed by atoms with Gasteiger partial charge in [0.05, 0.1) is 10.0 Å². The van der Waals surface area contributed by atoms with Crippen molar-refractivity contribution in [3.05, 3.63) is 73.4 Å². The molecule has 2 nitrogen and oxygen atoms in total. The van der Waals surface area contributed by atoms with E-state index in [1.807, 2.05) is 6.26 Å². The van der Waals surface area contributed by atoms with Crippen LogP contribution in [0.4, 0.5) is 17.6 Å². The number of alkyl halides is 3. The number of thioether (sulfide) groups is 2. The van der Waals surface area contributed by atoms with Crippen LogP contribution in [-0.2, 0) is 17.6 Å². The fourth-order valence-electron chi connectivity index (χ4n) is 4.55. The minimum absolute atomic E-state index is 0.159. The summed E-state index contributed by atoms with van der Waals surface area (Å²) in [6.07, 6.45) is -0.771. The number of carbonyl (C=O) groups is 1. The standard InChI is InChI=1S/C24H21Cl2F4NOS2/c1-33-8-7-31-22(32)18-6-5-15(16-3-2-4-17(16)18)13-11-23(34-12-13,24(28,29)30)14-9-19(25)21(27)20(26)10-14/h5-6,9-10,12H,2-4,7-8,11H2,1H3,(H,31,32). The number of fused-ring (bicyclic) bond motifs is 1. The molecule has 2 aliphatic rings. The Morgan fingerprint density at radius 3 is 2.50 bits per heavy atom. The Morgan fingerprint density at radius 2 is 1.85 bits per heavy atom. The van der Waals surface area contributed by atoms with Gasteiger partial charge < -0.3 is 5.32 Å². The molecule has 1 unspecified atom stereocenters. The van der Waals surface area contributed by atoms with Gasteiger partial charge in [0, 0.05) is 24.3 Å². The molecule has 1 aliphatic heterocycles. The molecule has 1 atom stereocenters. The van der Waals surface area contributed by atoms with Gasteiger partial charge in [-0.25, -0.2) is 4.39 Å². The summed E-state index contributed by atoms with van der Waals surface area (Å²) in [4.78, 5) is 12.7. The van der Waals surface area contributed by atoms with Crippen molar-refractivity contribution in [1.82, 2.24) is 5.32 Å². The lowest BCUT2D eigenvalue weighted by atomic mass is 9.85. The second kappa shape index (κ2) is 9.96. The lowest BCUT2D eigenvalue weighted by Crippen LogP contribution is -2.37. The van der Waals surface area contributed by atoms with E-state index in [4.69, 9.17) is 23.2 Å². The summed E-state index contributed by atoms with van der Waals surface area (Å²) in [5.74, 6) is -0.300. The summed E-state index contributed by atoms with van der Waals surface area (Å²) in [7, 11) is 0. The molecule has 0 bridgehead atoms. The number of rotatable bonds is 6. The van der Waals surface area contributed by atoms with Crippen molar-refractivity contribution in [3.63, 3.8) is 0 Å². The maximum absolute atomic E-state index is 14.5. The number of allylic oxidation sites excluding steroid dienone is 1. The summed E-state index contributed by atoms with van der Waals surface area (Å²) >= 11 is 13.9. The molecule has 0 saturated heterocycles. The van der Waals surface area contributed by atoms with Crippen molar-refractivity contribution in [2.45, 2.75) is 36.6 Å². The van der Waals surface area contributed by atoms with Crippen molar-refractivity contribution < 1.29 is 22.4 Å². The van der Waals surface area contributed by atoms with Gasteiger partial charge in [0.15, 0.2) is 5.82 Å². The lowest BCUT2D eigenvalue weighted by Gasteiger charge is -2.32. The van der Waals surface area contributed by atoms with Crippen LogP contribution in [0.1, 0.15) is 45.5 Å². The Labute approximate surface area is 213 Å². The van der Waals surface area contributed by atoms with Crippen molar-refractivity contribution in [2.24, 2.45) is 0 Å². The normalized spacial score (nSPS) is 19.8. The van der Waals surface area contributed by atoms with E-state index in [2.05, 4.69) is 5.32 Å². The van der Waals surface area contributed by atoms with Crippen LogP contribution in [0, 0.1) is 5.82 Å². The molecular weight excluding hydrogens is 529 g/mol. The third-order valence-electron chi connectivity index (χ3n) is 6.22. The van der Waals surface area contributed by atoms with E-state index in [0.717, 1.165) is 41.0 Å². The van der Waals surface area contributed by atoms with E-state index in [1.54, 1.807) is 23.9 Å². The fourth-order valence-corrected chi connectivity index (χ4v) is 6.53. The van der Waals surface area contributed by atoms with Crippen LogP contribution in [0.25, 0.3) is 5.57 Å². The molecular formula is C24H21Cl2F4NOS2. The van der Waals surface area contributed by atoms with Gasteiger partial charge in [-0.15, -0.1) is 11.8 Å². The van der Waals surface area contributed by atoms with Gasteiger partial charge in [0.2, 0.25) is 0 Å². The fraction of sp³-hybridized carbons (Fsp3) is 0.375. The first-order valence-electron chi connectivity index (χ1n) is 10.6. The monoisotopic (exact) mass is 549 g/mol. The third kappa shape index (κ3) is 4.59. The van der Waals surface area contributed by atoms with Crippen molar-refractivity contribution in [1.29, 1.82) is 0 Å². The predicted molar refractivity (Wildman–Crippen MR) is 134 cm³/mol. The lowest BCUT2D eigenvalue weighted by molar-refractivity contribution is -0.160. The van der Waals surface area contributed by atoms with Crippen LogP contribution in [0.3, 0.4) is 0 Å². The molecule has 0 spiro atoms. The maximum Gasteiger partial charge on any atom is 0.407 e. The maximum atomic E-state index is 14.5. The summed E-state index contributed by atoms with van der Waals surface area (Å²) in [5.41, 5.74) is 3.49. The number of carbonyl (C=O) groups excluding carboxylic acids is 1. The molecule has 0 saturated carbocycles. The average molecular weight is 550 g/mol. The molecule has 4 rings (SSSR count). The molecule has 1 heterocycles. The zero-order valence-corrected chi connectivity index (χ0v) is 21.3. The zero-order valence-electron chi connectivity index (χ0n) is 18.1. The molecule has 2 aromatic rings. The highest BCUT2D eigenvalue weighted by molar-refractivity contribution is 8.03. The van der Waals surface area contributed by atoms with E-state index in [-0.39, 0.29) is 17.9 Å². The molecule has 0 fully saturated rings. The van der Waals surface area contributed by atoms with E-state index in [9.17, 15) is 22.4 Å². The highest BCUT2D eigenvalue weighted by atomic mass is 35.5. The minimum Gasteiger partial charge on any atom is -0.351 e. The highest BCUT2D eigenvalue weighted by Crippen LogP contribution is 2.60. The molecule has 0 radical (unpaired) electrons. The molecule has 1 N–H and O–H groups in total. The van der Waals surface area contributed by atoms with Crippen molar-refractivity contribution in [3.8, 4) is 0 Å². The molecule has 182 valence electrons. The van der Waals surface area contributed by atoms with Crippen molar-refractivity contribution in [2.75, 3.05) is 18.6 Å². The highest BCUT2D eigenvalue weighted by Gasteiger charge is 2.59. The largest absolute Gasteiger partial charge is 0.407 e. The molecule has 10 heteroatoms. The zero-order chi connectivity index (χ0) is 24.7. The summed E-state index contributed by atoms with van der Waals surface area (Å²) < 4.78 is 55.0. The van der Waals surface area contributed by atoms with E-state index < -0.39 is 26.8 Å². The van der Waals surface area contributed by atoms with Gasteiger partial charge in [-0.1, -0.05) is 29.3 Å². The third-order valence-corrected chi connectivity index (χ3v) is 8.80. The Bertz CT molecular complexity index is 1150. The summed E-state index contributed by atoms with van der Waals surface area (Å²) in [6.45, 7) is 0.551. The Morgan fingerprint density at radius 1 is 1.18 bits per heavy atom. The Kier molecular flexibility index (Phi) is 7.54. The van der Waals surface area contributed by atoms with Gasteiger partial charge in [0.25, 0.3) is 5.91 Å². The van der Waals surface area contributed by atoms with Crippen LogP contribution < -0.4 is 5.32 Å². The minimum atomic E-state index is -4.64. The van der Waals surface area contributed by atoms with Crippen LogP contribution in [-0.4, -0.2) is 30.6 Å². The number of hydrogen-bond donors (Lipinski definition) is 1. The van der Waals surface area contributed by atoms with E-state index in [1.165, 1.54) is 5.41 Å². The van der Waals surface area contributed by atoms with E-state index >= 15 is 0 Å². The molecule has 0 aromatic heterocycles. The van der Waals surface area contributed by atoms with Gasteiger partial charge >= 0.3 is 6.18 Å². The SMILES string of the molecule is CSCCNC(=O)c1ccc(C2=CSC(c3cc(Cl)c(F)c(Cl)c3)(C(F)(F)F)C2)c2c1CCC2. The smallest absolute Gasteiger partial charge is 0.351 e. The molecule has 1 aliphatic carbocycles. The van der Waals surface area contributed by atoms with Crippen LogP contribution in [0.5, 0.6) is 0 Å². The van der Waals surface area contributed by atoms with Gasteiger partial charge in [-0.05, 0) is 77.0 Å². The summed E-state index contributed by atoms with van der Waals surface area (Å²) in [5, 5.41) is 3.53. The second-order valence-electron chi connectivity index (χ2n) is 8.24. The number of amides is 1. The quantitative estimate of drug-likeness (QED) is 0.228. The second-order valence-corrected chi connectivity index (χ2v) is 11.2. The van der Waals surface area contributed by atoms with Gasteiger partial charge in [-0.2, -0.15) is 24.9 Å². The molecule has 1 amide bonds. The first-order chi connectivity index (χ1) is 16.1.